The molecular formula is C21H23F2N3. The molecule has 3 aromatic rings. The van der Waals surface area contributed by atoms with E-state index in [0.717, 1.165) is 29.3 Å². The maximum Gasteiger partial charge on any atom is 0.149 e. The summed E-state index contributed by atoms with van der Waals surface area (Å²) in [5.74, 6) is -1.04. The number of nitrogens with zero attached hydrogens (tertiary/aromatic N) is 2. The zero-order valence-electron chi connectivity index (χ0n) is 15.2. The Hall–Kier alpha value is -2.53. The normalized spacial score (nSPS) is 13.0. The van der Waals surface area contributed by atoms with Gasteiger partial charge in [0.15, 0.2) is 0 Å². The molecule has 0 bridgehead atoms. The van der Waals surface area contributed by atoms with Crippen LogP contribution in [-0.2, 0) is 6.42 Å². The quantitative estimate of drug-likeness (QED) is 0.731. The number of aromatic nitrogens is 2. The topological polar surface area (TPSA) is 43.8 Å². The number of hydrogen-bond donors (Lipinski definition) is 1. The van der Waals surface area contributed by atoms with Crippen molar-refractivity contribution < 1.29 is 8.78 Å². The summed E-state index contributed by atoms with van der Waals surface area (Å²) in [5, 5.41) is 4.53. The highest BCUT2D eigenvalue weighted by Gasteiger charge is 2.28. The van der Waals surface area contributed by atoms with Crippen LogP contribution in [0.25, 0.3) is 5.69 Å². The van der Waals surface area contributed by atoms with Gasteiger partial charge < -0.3 is 5.73 Å². The van der Waals surface area contributed by atoms with E-state index in [4.69, 9.17) is 5.73 Å². The van der Waals surface area contributed by atoms with E-state index >= 15 is 0 Å². The molecule has 136 valence electrons. The van der Waals surface area contributed by atoms with Crippen LogP contribution in [0.15, 0.2) is 54.7 Å². The Morgan fingerprint density at radius 3 is 2.42 bits per heavy atom. The molecule has 0 radical (unpaired) electrons. The molecule has 0 aliphatic heterocycles. The summed E-state index contributed by atoms with van der Waals surface area (Å²) in [6.45, 7) is 6.10. The smallest absolute Gasteiger partial charge is 0.149 e. The lowest BCUT2D eigenvalue weighted by atomic mass is 9.84. The second kappa shape index (κ2) is 7.00. The van der Waals surface area contributed by atoms with Crippen LogP contribution >= 0.6 is 0 Å². The highest BCUT2D eigenvalue weighted by molar-refractivity contribution is 5.37. The van der Waals surface area contributed by atoms with Gasteiger partial charge in [-0.15, -0.1) is 0 Å². The fraction of sp³-hybridized carbons (Fsp3) is 0.286. The Kier molecular flexibility index (Phi) is 4.92. The SMILES string of the molecule is CC(C)(C)[C@@H](N)c1nn(-c2cc(F)ccc2F)cc1Cc1ccccc1. The fourth-order valence-electron chi connectivity index (χ4n) is 2.83. The Morgan fingerprint density at radius 1 is 1.08 bits per heavy atom. The molecule has 3 rings (SSSR count). The minimum Gasteiger partial charge on any atom is -0.322 e. The molecular weight excluding hydrogens is 332 g/mol. The van der Waals surface area contributed by atoms with Crippen LogP contribution in [0, 0.1) is 17.0 Å². The lowest BCUT2D eigenvalue weighted by Crippen LogP contribution is -2.27. The molecule has 1 heterocycles. The molecule has 3 nitrogen and oxygen atoms in total. The summed E-state index contributed by atoms with van der Waals surface area (Å²) in [5.41, 5.74) is 9.01. The third-order valence-electron chi connectivity index (χ3n) is 4.44. The minimum absolute atomic E-state index is 0.0756. The lowest BCUT2D eigenvalue weighted by Gasteiger charge is -2.26. The second-order valence-corrected chi connectivity index (χ2v) is 7.59. The predicted molar refractivity (Wildman–Crippen MR) is 99.1 cm³/mol. The molecule has 0 unspecified atom stereocenters. The first kappa shape index (κ1) is 18.3. The molecule has 0 aliphatic rings. The monoisotopic (exact) mass is 355 g/mol. The van der Waals surface area contributed by atoms with E-state index in [9.17, 15) is 8.78 Å². The zero-order valence-corrected chi connectivity index (χ0v) is 15.2. The van der Waals surface area contributed by atoms with Gasteiger partial charge in [-0.05, 0) is 28.7 Å². The van der Waals surface area contributed by atoms with Crippen LogP contribution in [0.5, 0.6) is 0 Å². The van der Waals surface area contributed by atoms with E-state index in [1.807, 2.05) is 51.1 Å². The van der Waals surface area contributed by atoms with E-state index in [1.165, 1.54) is 4.68 Å². The average molecular weight is 355 g/mol. The van der Waals surface area contributed by atoms with Crippen LogP contribution < -0.4 is 5.73 Å². The van der Waals surface area contributed by atoms with Crippen LogP contribution in [-0.4, -0.2) is 9.78 Å². The minimum atomic E-state index is -0.531. The summed E-state index contributed by atoms with van der Waals surface area (Å²) in [4.78, 5) is 0. The van der Waals surface area contributed by atoms with Gasteiger partial charge in [0.1, 0.15) is 17.3 Å². The first-order valence-corrected chi connectivity index (χ1v) is 8.59. The van der Waals surface area contributed by atoms with Crippen LogP contribution in [0.3, 0.4) is 0 Å². The molecule has 0 aliphatic carbocycles. The van der Waals surface area contributed by atoms with Crippen LogP contribution in [0.2, 0.25) is 0 Å². The number of halogens is 2. The van der Waals surface area contributed by atoms with Crippen molar-refractivity contribution in [2.45, 2.75) is 33.2 Å². The van der Waals surface area contributed by atoms with E-state index in [-0.39, 0.29) is 17.1 Å². The molecule has 0 fully saturated rings. The molecule has 0 amide bonds. The first-order chi connectivity index (χ1) is 12.3. The molecule has 5 heteroatoms. The molecule has 26 heavy (non-hydrogen) atoms. The zero-order chi connectivity index (χ0) is 18.9. The van der Waals surface area contributed by atoms with Crippen molar-refractivity contribution in [3.8, 4) is 5.69 Å². The van der Waals surface area contributed by atoms with Crippen molar-refractivity contribution in [3.63, 3.8) is 0 Å². The molecule has 0 spiro atoms. The summed E-state index contributed by atoms with van der Waals surface area (Å²) in [6.07, 6.45) is 2.36. The third kappa shape index (κ3) is 3.83. The molecule has 1 aromatic heterocycles. The Labute approximate surface area is 152 Å². The van der Waals surface area contributed by atoms with Gasteiger partial charge in [0.25, 0.3) is 0 Å². The maximum absolute atomic E-state index is 14.2. The van der Waals surface area contributed by atoms with Gasteiger partial charge in [0.05, 0.1) is 11.7 Å². The van der Waals surface area contributed by atoms with Gasteiger partial charge >= 0.3 is 0 Å². The van der Waals surface area contributed by atoms with Crippen molar-refractivity contribution in [3.05, 3.63) is 83.2 Å². The third-order valence-corrected chi connectivity index (χ3v) is 4.44. The van der Waals surface area contributed by atoms with Gasteiger partial charge in [-0.25, -0.2) is 13.5 Å². The number of hydrogen-bond acceptors (Lipinski definition) is 2. The molecule has 2 aromatic carbocycles. The van der Waals surface area contributed by atoms with Gasteiger partial charge in [-0.1, -0.05) is 51.1 Å². The highest BCUT2D eigenvalue weighted by atomic mass is 19.1. The summed E-state index contributed by atoms with van der Waals surface area (Å²) >= 11 is 0. The van der Waals surface area contributed by atoms with Crippen molar-refractivity contribution in [2.24, 2.45) is 11.1 Å². The first-order valence-electron chi connectivity index (χ1n) is 8.59. The number of rotatable bonds is 4. The molecule has 1 atom stereocenters. The van der Waals surface area contributed by atoms with Gasteiger partial charge in [-0.2, -0.15) is 5.10 Å². The van der Waals surface area contributed by atoms with Gasteiger partial charge in [0, 0.05) is 18.7 Å². The van der Waals surface area contributed by atoms with Crippen LogP contribution in [0.4, 0.5) is 8.78 Å². The van der Waals surface area contributed by atoms with Crippen molar-refractivity contribution in [1.82, 2.24) is 9.78 Å². The largest absolute Gasteiger partial charge is 0.322 e. The van der Waals surface area contributed by atoms with Crippen LogP contribution in [0.1, 0.15) is 43.6 Å². The summed E-state index contributed by atoms with van der Waals surface area (Å²) in [6, 6.07) is 12.9. The van der Waals surface area contributed by atoms with Gasteiger partial charge in [-0.3, -0.25) is 0 Å². The molecule has 0 saturated carbocycles. The summed E-state index contributed by atoms with van der Waals surface area (Å²) < 4.78 is 29.2. The van der Waals surface area contributed by atoms with E-state index in [1.54, 1.807) is 6.20 Å². The Balaban J connectivity index is 2.09. The maximum atomic E-state index is 14.2. The van der Waals surface area contributed by atoms with E-state index in [2.05, 4.69) is 5.10 Å². The summed E-state index contributed by atoms with van der Waals surface area (Å²) in [7, 11) is 0. The second-order valence-electron chi connectivity index (χ2n) is 7.59. The lowest BCUT2D eigenvalue weighted by molar-refractivity contribution is 0.319. The standard InChI is InChI=1S/C21H23F2N3/c1-21(2,3)20(24)19-15(11-14-7-5-4-6-8-14)13-26(25-19)18-12-16(22)9-10-17(18)23/h4-10,12-13,20H,11,24H2,1-3H3/t20-/m0/s1. The van der Waals surface area contributed by atoms with Crippen molar-refractivity contribution in [2.75, 3.05) is 0 Å². The van der Waals surface area contributed by atoms with Gasteiger partial charge in [0.2, 0.25) is 0 Å². The predicted octanol–water partition coefficient (Wildman–Crippen LogP) is 4.79. The van der Waals surface area contributed by atoms with E-state index < -0.39 is 11.6 Å². The van der Waals surface area contributed by atoms with Crippen molar-refractivity contribution >= 4 is 0 Å². The van der Waals surface area contributed by atoms with Crippen molar-refractivity contribution in [1.29, 1.82) is 0 Å². The van der Waals surface area contributed by atoms with E-state index in [0.29, 0.717) is 12.1 Å². The Bertz CT molecular complexity index is 895. The number of benzene rings is 2. The number of nitrogens with two attached hydrogens (primary N) is 1. The molecule has 0 saturated heterocycles. The highest BCUT2D eigenvalue weighted by Crippen LogP contribution is 2.33. The Morgan fingerprint density at radius 2 is 1.77 bits per heavy atom. The average Bonchev–Trinajstić information content (AvgIpc) is 2.99. The molecule has 2 N–H and O–H groups in total. The fourth-order valence-corrected chi connectivity index (χ4v) is 2.83.